The van der Waals surface area contributed by atoms with Crippen LogP contribution < -0.4 is 26.6 Å². The van der Waals surface area contributed by atoms with Crippen molar-refractivity contribution in [1.82, 2.24) is 31.5 Å². The van der Waals surface area contributed by atoms with Crippen LogP contribution in [0.2, 0.25) is 0 Å². The van der Waals surface area contributed by atoms with Crippen LogP contribution >= 0.6 is 21.6 Å². The molecule has 0 aromatic rings. The number of esters is 1. The number of ether oxygens (including phenoxy) is 1. The molecule has 2 aliphatic heterocycles. The summed E-state index contributed by atoms with van der Waals surface area (Å²) in [5, 5.41) is 31.3. The number of fused-ring (bicyclic) bond motifs is 1. The highest BCUT2D eigenvalue weighted by molar-refractivity contribution is 8.76. The molecular formula is C30H46N6O12S2. The summed E-state index contributed by atoms with van der Waals surface area (Å²) in [6.07, 6.45) is -1.24. The highest BCUT2D eigenvalue weighted by atomic mass is 33.1. The average Bonchev–Trinajstić information content (AvgIpc) is 3.53. The molecule has 20 heteroatoms. The molecule has 0 radical (unpaired) electrons. The van der Waals surface area contributed by atoms with Crippen molar-refractivity contribution in [3.8, 4) is 0 Å². The normalized spacial score (nSPS) is 26.1. The van der Waals surface area contributed by atoms with Gasteiger partial charge in [-0.3, -0.25) is 38.4 Å². The van der Waals surface area contributed by atoms with E-state index in [1.54, 1.807) is 13.8 Å². The highest BCUT2D eigenvalue weighted by Crippen LogP contribution is 2.25. The number of hydrogen-bond donors (Lipinski definition) is 7. The van der Waals surface area contributed by atoms with Crippen molar-refractivity contribution in [1.29, 1.82) is 0 Å². The molecule has 2 fully saturated rings. The molecule has 50 heavy (non-hydrogen) atoms. The summed E-state index contributed by atoms with van der Waals surface area (Å²) in [5.74, 6) is -8.06. The Kier molecular flexibility index (Phi) is 17.3. The summed E-state index contributed by atoms with van der Waals surface area (Å²) < 4.78 is 4.85. The Morgan fingerprint density at radius 2 is 1.40 bits per heavy atom. The fraction of sp³-hybridized carbons (Fsp3) is 0.700. The van der Waals surface area contributed by atoms with E-state index < -0.39 is 109 Å². The molecule has 0 aromatic carbocycles. The van der Waals surface area contributed by atoms with Crippen molar-refractivity contribution in [2.45, 2.75) is 102 Å². The third-order valence-corrected chi connectivity index (χ3v) is 10.2. The smallest absolute Gasteiger partial charge is 0.329 e. The fourth-order valence-corrected chi connectivity index (χ4v) is 7.64. The maximum Gasteiger partial charge on any atom is 0.329 e. The van der Waals surface area contributed by atoms with Crippen LogP contribution in [0, 0.1) is 5.92 Å². The monoisotopic (exact) mass is 746 g/mol. The number of rotatable bonds is 10. The van der Waals surface area contributed by atoms with Gasteiger partial charge in [0.2, 0.25) is 35.4 Å². The molecule has 0 saturated carbocycles. The van der Waals surface area contributed by atoms with Gasteiger partial charge in [-0.05, 0) is 38.0 Å². The number of carbonyl (C=O) groups is 9. The number of methoxy groups -OCH3 is 1. The van der Waals surface area contributed by atoms with Crippen LogP contribution in [0.4, 0.5) is 0 Å². The molecule has 6 atom stereocenters. The van der Waals surface area contributed by atoms with Gasteiger partial charge < -0.3 is 46.4 Å². The summed E-state index contributed by atoms with van der Waals surface area (Å²) in [4.78, 5) is 117. The minimum atomic E-state index is -1.52. The van der Waals surface area contributed by atoms with Crippen molar-refractivity contribution >= 4 is 74.9 Å². The van der Waals surface area contributed by atoms with Crippen molar-refractivity contribution in [2.75, 3.05) is 25.2 Å². The zero-order chi connectivity index (χ0) is 37.5. The van der Waals surface area contributed by atoms with Gasteiger partial charge in [-0.15, -0.1) is 0 Å². The lowest BCUT2D eigenvalue weighted by molar-refractivity contribution is -0.146. The van der Waals surface area contributed by atoms with E-state index in [0.717, 1.165) is 28.7 Å². The minimum absolute atomic E-state index is 0.0137. The summed E-state index contributed by atoms with van der Waals surface area (Å²) in [5.41, 5.74) is 0. The zero-order valence-electron chi connectivity index (χ0n) is 28.4. The van der Waals surface area contributed by atoms with Crippen molar-refractivity contribution in [2.24, 2.45) is 5.92 Å². The molecule has 2 saturated heterocycles. The minimum Gasteiger partial charge on any atom is -0.481 e. The number of carboxylic acids is 2. The summed E-state index contributed by atoms with van der Waals surface area (Å²) >= 11 is 0. The van der Waals surface area contributed by atoms with Gasteiger partial charge in [-0.1, -0.05) is 35.4 Å². The molecule has 0 bridgehead atoms. The number of carboxylic acid groups (broad SMARTS) is 2. The fourth-order valence-electron chi connectivity index (χ4n) is 5.32. The van der Waals surface area contributed by atoms with Gasteiger partial charge in [0.15, 0.2) is 0 Å². The van der Waals surface area contributed by atoms with Gasteiger partial charge in [0, 0.05) is 37.8 Å². The van der Waals surface area contributed by atoms with E-state index in [2.05, 4.69) is 26.6 Å². The van der Waals surface area contributed by atoms with E-state index in [9.17, 15) is 53.4 Å². The first kappa shape index (κ1) is 42.1. The number of nitrogens with zero attached hydrogens (tertiary/aromatic N) is 1. The predicted molar refractivity (Wildman–Crippen MR) is 180 cm³/mol. The molecule has 0 aromatic heterocycles. The molecule has 0 aliphatic carbocycles. The second kappa shape index (κ2) is 20.6. The highest BCUT2D eigenvalue weighted by Gasteiger charge is 2.40. The third kappa shape index (κ3) is 13.7. The maximum absolute atomic E-state index is 13.8. The Balaban J connectivity index is 2.57. The summed E-state index contributed by atoms with van der Waals surface area (Å²) in [6, 6.07) is -7.60. The lowest BCUT2D eigenvalue weighted by atomic mass is 10.0. The van der Waals surface area contributed by atoms with Crippen molar-refractivity contribution in [3.63, 3.8) is 0 Å². The molecule has 0 spiro atoms. The van der Waals surface area contributed by atoms with E-state index in [1.165, 1.54) is 11.8 Å². The predicted octanol–water partition coefficient (Wildman–Crippen LogP) is -1.23. The van der Waals surface area contributed by atoms with Crippen molar-refractivity contribution < 1.29 is 58.1 Å². The summed E-state index contributed by atoms with van der Waals surface area (Å²) in [7, 11) is 3.34. The Bertz CT molecular complexity index is 1300. The van der Waals surface area contributed by atoms with Crippen LogP contribution in [0.3, 0.4) is 0 Å². The summed E-state index contributed by atoms with van der Waals surface area (Å²) in [6.45, 7) is 4.85. The lowest BCUT2D eigenvalue weighted by Crippen LogP contribution is -2.60. The largest absolute Gasteiger partial charge is 0.481 e. The number of aliphatic carboxylic acids is 2. The van der Waals surface area contributed by atoms with Crippen LogP contribution in [-0.4, -0.2) is 130 Å². The number of nitrogens with one attached hydrogen (secondary N) is 5. The van der Waals surface area contributed by atoms with Gasteiger partial charge in [0.1, 0.15) is 36.3 Å². The standard InChI is InChI=1S/C30H46N6O12S2/c1-15(2)12-19-26(43)32-17(7-9-23(38)39)25(42)33-18(8-10-24(40)41)29(46)36-11-5-6-22(36)28(45)35-21(30(47)48-4)14-50-49-13-20(27(44)34-19)31-16(3)37/h15,17-22H,5-14H2,1-4H3,(H,31,37)(H,32,43)(H,33,42)(H,34,44)(H,35,45)(H,38,39)(H,40,41)/t17-,18+,19+,20+,21-,22-/m0/s1. The van der Waals surface area contributed by atoms with Crippen molar-refractivity contribution in [3.05, 3.63) is 0 Å². The second-order valence-electron chi connectivity index (χ2n) is 12.3. The molecule has 280 valence electrons. The first-order valence-electron chi connectivity index (χ1n) is 16.1. The molecular weight excluding hydrogens is 700 g/mol. The second-order valence-corrected chi connectivity index (χ2v) is 14.8. The molecule has 7 N–H and O–H groups in total. The maximum atomic E-state index is 13.8. The first-order valence-corrected chi connectivity index (χ1v) is 18.6. The van der Waals surface area contributed by atoms with Crippen LogP contribution in [0.15, 0.2) is 0 Å². The SMILES string of the molecule is COC(=O)[C@@H]1CSSC[C@@H](NC(C)=O)C(=O)N[C@H](CC(C)C)C(=O)N[C@@H](CCC(=O)O)C(=O)N[C@H](CCC(=O)O)C(=O)N2CCC[C@H]2C(=O)N1. The van der Waals surface area contributed by atoms with E-state index in [-0.39, 0.29) is 43.2 Å². The van der Waals surface area contributed by atoms with Gasteiger partial charge >= 0.3 is 17.9 Å². The van der Waals surface area contributed by atoms with Gasteiger partial charge in [0.05, 0.1) is 7.11 Å². The molecule has 2 heterocycles. The van der Waals surface area contributed by atoms with E-state index in [0.29, 0.717) is 6.42 Å². The average molecular weight is 747 g/mol. The van der Waals surface area contributed by atoms with Crippen LogP contribution in [0.1, 0.15) is 65.7 Å². The number of hydrogen-bond acceptors (Lipinski definition) is 12. The number of amides is 6. The quantitative estimate of drug-likeness (QED) is 0.102. The first-order chi connectivity index (χ1) is 23.5. The Morgan fingerprint density at radius 3 is 1.98 bits per heavy atom. The molecule has 0 unspecified atom stereocenters. The van der Waals surface area contributed by atoms with E-state index in [4.69, 9.17) is 4.74 Å². The van der Waals surface area contributed by atoms with Gasteiger partial charge in [-0.25, -0.2) is 4.79 Å². The Hall–Kier alpha value is -4.07. The Morgan fingerprint density at radius 1 is 0.840 bits per heavy atom. The van der Waals surface area contributed by atoms with Crippen LogP contribution in [0.25, 0.3) is 0 Å². The zero-order valence-corrected chi connectivity index (χ0v) is 30.0. The number of carbonyl (C=O) groups excluding carboxylic acids is 7. The molecule has 18 nitrogen and oxygen atoms in total. The molecule has 2 aliphatic rings. The van der Waals surface area contributed by atoms with Crippen LogP contribution in [-0.2, 0) is 47.9 Å². The third-order valence-electron chi connectivity index (χ3n) is 7.77. The molecule has 6 amide bonds. The van der Waals surface area contributed by atoms with Gasteiger partial charge in [-0.2, -0.15) is 0 Å². The lowest BCUT2D eigenvalue weighted by Gasteiger charge is -2.31. The van der Waals surface area contributed by atoms with E-state index >= 15 is 0 Å². The Labute approximate surface area is 297 Å². The topological polar surface area (TPSA) is 267 Å². The van der Waals surface area contributed by atoms with Crippen LogP contribution in [0.5, 0.6) is 0 Å². The molecule has 2 rings (SSSR count). The van der Waals surface area contributed by atoms with Gasteiger partial charge in [0.25, 0.3) is 0 Å². The van der Waals surface area contributed by atoms with E-state index in [1.807, 2.05) is 0 Å².